The van der Waals surface area contributed by atoms with E-state index in [1.54, 1.807) is 20.8 Å². The quantitative estimate of drug-likeness (QED) is 0.718. The Labute approximate surface area is 117 Å². The molecule has 1 atom stereocenters. The van der Waals surface area contributed by atoms with Crippen LogP contribution in [0.1, 0.15) is 33.6 Å². The molecule has 0 aromatic heterocycles. The summed E-state index contributed by atoms with van der Waals surface area (Å²) in [4.78, 5) is 13.2. The molecule has 2 N–H and O–H groups in total. The van der Waals surface area contributed by atoms with Crippen LogP contribution in [0.2, 0.25) is 5.82 Å². The van der Waals surface area contributed by atoms with Gasteiger partial charge in [0, 0.05) is 18.5 Å². The van der Waals surface area contributed by atoms with Crippen LogP contribution < -0.4 is 0 Å². The molecular formula is C12H20BF2NO4. The minimum absolute atomic E-state index is 0.0571. The first-order chi connectivity index (χ1) is 9.01. The standard InChI is InChI=1S/C12H20BF2NO4/c1-10(2,3)20-9(17)16-6-4-11(5-7-16)8(13(18)19)12(11,14)15/h8,18-19H,4-7H2,1-3H3. The highest BCUT2D eigenvalue weighted by atomic mass is 19.3. The van der Waals surface area contributed by atoms with Gasteiger partial charge in [-0.3, -0.25) is 0 Å². The number of rotatable bonds is 1. The van der Waals surface area contributed by atoms with Crippen molar-refractivity contribution in [2.24, 2.45) is 5.41 Å². The van der Waals surface area contributed by atoms with Crippen LogP contribution in [-0.2, 0) is 4.74 Å². The van der Waals surface area contributed by atoms with Crippen LogP contribution in [0, 0.1) is 5.41 Å². The fraction of sp³-hybridized carbons (Fsp3) is 0.917. The average Bonchev–Trinajstić information content (AvgIpc) is 2.72. The van der Waals surface area contributed by atoms with Crippen LogP contribution in [-0.4, -0.2) is 52.8 Å². The van der Waals surface area contributed by atoms with Gasteiger partial charge in [-0.1, -0.05) is 0 Å². The molecule has 0 bridgehead atoms. The number of hydrogen-bond donors (Lipinski definition) is 2. The zero-order chi connectivity index (χ0) is 15.3. The highest BCUT2D eigenvalue weighted by Crippen LogP contribution is 2.75. The van der Waals surface area contributed by atoms with Gasteiger partial charge in [0.1, 0.15) is 5.60 Å². The number of carbonyl (C=O) groups is 1. The molecule has 0 aromatic carbocycles. The zero-order valence-electron chi connectivity index (χ0n) is 11.9. The first-order valence-corrected chi connectivity index (χ1v) is 6.73. The lowest BCUT2D eigenvalue weighted by molar-refractivity contribution is 0.00118. The topological polar surface area (TPSA) is 70.0 Å². The van der Waals surface area contributed by atoms with Crippen LogP contribution in [0.4, 0.5) is 13.6 Å². The van der Waals surface area contributed by atoms with E-state index >= 15 is 0 Å². The van der Waals surface area contributed by atoms with E-state index in [4.69, 9.17) is 14.8 Å². The summed E-state index contributed by atoms with van der Waals surface area (Å²) in [5.41, 5.74) is -2.00. The smallest absolute Gasteiger partial charge is 0.444 e. The Morgan fingerprint density at radius 2 is 1.80 bits per heavy atom. The number of hydrogen-bond acceptors (Lipinski definition) is 4. The van der Waals surface area contributed by atoms with Crippen molar-refractivity contribution in [1.82, 2.24) is 4.90 Å². The lowest BCUT2D eigenvalue weighted by atomic mass is 9.75. The maximum atomic E-state index is 13.7. The predicted octanol–water partition coefficient (Wildman–Crippen LogP) is 1.50. The molecule has 114 valence electrons. The minimum Gasteiger partial charge on any atom is -0.444 e. The van der Waals surface area contributed by atoms with E-state index in [2.05, 4.69) is 0 Å². The second-order valence-corrected chi connectivity index (χ2v) is 6.64. The fourth-order valence-corrected chi connectivity index (χ4v) is 3.07. The monoisotopic (exact) mass is 291 g/mol. The van der Waals surface area contributed by atoms with Crippen molar-refractivity contribution in [3.63, 3.8) is 0 Å². The summed E-state index contributed by atoms with van der Waals surface area (Å²) in [5, 5.41) is 18.1. The van der Waals surface area contributed by atoms with E-state index in [9.17, 15) is 13.6 Å². The van der Waals surface area contributed by atoms with Crippen LogP contribution >= 0.6 is 0 Å². The third-order valence-electron chi connectivity index (χ3n) is 4.17. The first-order valence-electron chi connectivity index (χ1n) is 6.73. The summed E-state index contributed by atoms with van der Waals surface area (Å²) in [6.45, 7) is 5.51. The number of likely N-dealkylation sites (tertiary alicyclic amines) is 1. The summed E-state index contributed by atoms with van der Waals surface area (Å²) < 4.78 is 32.7. The van der Waals surface area contributed by atoms with E-state index in [1.165, 1.54) is 4.90 Å². The van der Waals surface area contributed by atoms with Gasteiger partial charge in [-0.05, 0) is 33.6 Å². The predicted molar refractivity (Wildman–Crippen MR) is 68.4 cm³/mol. The summed E-state index contributed by atoms with van der Waals surface area (Å²) >= 11 is 0. The van der Waals surface area contributed by atoms with Crippen molar-refractivity contribution in [2.45, 2.75) is 51.0 Å². The van der Waals surface area contributed by atoms with Gasteiger partial charge in [0.15, 0.2) is 0 Å². The van der Waals surface area contributed by atoms with Crippen molar-refractivity contribution in [2.75, 3.05) is 13.1 Å². The van der Waals surface area contributed by atoms with Gasteiger partial charge in [-0.2, -0.15) is 0 Å². The molecular weight excluding hydrogens is 271 g/mol. The van der Waals surface area contributed by atoms with E-state index in [-0.39, 0.29) is 25.9 Å². The van der Waals surface area contributed by atoms with Gasteiger partial charge in [0.25, 0.3) is 5.92 Å². The van der Waals surface area contributed by atoms with E-state index in [0.29, 0.717) is 0 Å². The lowest BCUT2D eigenvalue weighted by Crippen LogP contribution is -2.43. The van der Waals surface area contributed by atoms with Crippen LogP contribution in [0.3, 0.4) is 0 Å². The van der Waals surface area contributed by atoms with Gasteiger partial charge in [-0.15, -0.1) is 0 Å². The molecule has 2 fully saturated rings. The molecule has 1 heterocycles. The first kappa shape index (κ1) is 15.5. The number of ether oxygens (including phenoxy) is 1. The van der Waals surface area contributed by atoms with E-state index < -0.39 is 36.0 Å². The van der Waals surface area contributed by atoms with Crippen molar-refractivity contribution in [3.8, 4) is 0 Å². The second-order valence-electron chi connectivity index (χ2n) is 6.64. The summed E-state index contributed by atoms with van der Waals surface area (Å²) in [7, 11) is -2.02. The Morgan fingerprint density at radius 3 is 2.15 bits per heavy atom. The van der Waals surface area contributed by atoms with Crippen molar-refractivity contribution >= 4 is 13.2 Å². The molecule has 1 aliphatic carbocycles. The molecule has 1 unspecified atom stereocenters. The molecule has 1 spiro atoms. The fourth-order valence-electron chi connectivity index (χ4n) is 3.07. The number of alkyl halides is 2. The molecule has 1 saturated carbocycles. The van der Waals surface area contributed by atoms with Crippen molar-refractivity contribution in [1.29, 1.82) is 0 Å². The summed E-state index contributed by atoms with van der Waals surface area (Å²) in [6, 6.07) is 0. The molecule has 0 aromatic rings. The third-order valence-corrected chi connectivity index (χ3v) is 4.17. The van der Waals surface area contributed by atoms with Gasteiger partial charge in [0.05, 0.1) is 5.82 Å². The third kappa shape index (κ3) is 2.39. The Morgan fingerprint density at radius 1 is 1.30 bits per heavy atom. The Kier molecular flexibility index (Phi) is 3.53. The highest BCUT2D eigenvalue weighted by Gasteiger charge is 2.83. The Balaban J connectivity index is 1.96. The molecule has 1 saturated heterocycles. The molecule has 0 radical (unpaired) electrons. The number of amides is 1. The van der Waals surface area contributed by atoms with Crippen LogP contribution in [0.5, 0.6) is 0 Å². The number of nitrogens with zero attached hydrogens (tertiary/aromatic N) is 1. The van der Waals surface area contributed by atoms with E-state index in [1.807, 2.05) is 0 Å². The zero-order valence-corrected chi connectivity index (χ0v) is 11.9. The minimum atomic E-state index is -3.07. The normalized spacial score (nSPS) is 27.4. The molecule has 20 heavy (non-hydrogen) atoms. The summed E-state index contributed by atoms with van der Waals surface area (Å²) in [6.07, 6.45) is -0.402. The average molecular weight is 291 g/mol. The maximum absolute atomic E-state index is 13.7. The SMILES string of the molecule is CC(C)(C)OC(=O)N1CCC2(CC1)C(B(O)O)C2(F)F. The molecule has 2 rings (SSSR count). The van der Waals surface area contributed by atoms with Gasteiger partial charge in [0.2, 0.25) is 0 Å². The maximum Gasteiger partial charge on any atom is 0.461 e. The highest BCUT2D eigenvalue weighted by molar-refractivity contribution is 6.45. The molecule has 1 amide bonds. The molecule has 8 heteroatoms. The summed E-state index contributed by atoms with van der Waals surface area (Å²) in [5.74, 6) is -4.49. The van der Waals surface area contributed by atoms with Crippen molar-refractivity contribution in [3.05, 3.63) is 0 Å². The molecule has 2 aliphatic rings. The number of carbonyl (C=O) groups excluding carboxylic acids is 1. The van der Waals surface area contributed by atoms with E-state index in [0.717, 1.165) is 0 Å². The van der Waals surface area contributed by atoms with Gasteiger partial charge in [-0.25, -0.2) is 13.6 Å². The Bertz CT molecular complexity index is 403. The largest absolute Gasteiger partial charge is 0.461 e. The van der Waals surface area contributed by atoms with Gasteiger partial charge >= 0.3 is 13.2 Å². The molecule has 1 aliphatic heterocycles. The van der Waals surface area contributed by atoms with Crippen LogP contribution in [0.25, 0.3) is 0 Å². The Hall–Kier alpha value is -0.885. The lowest BCUT2D eigenvalue weighted by Gasteiger charge is -2.34. The molecule has 5 nitrogen and oxygen atoms in total. The van der Waals surface area contributed by atoms with Crippen LogP contribution in [0.15, 0.2) is 0 Å². The number of halogens is 2. The second kappa shape index (κ2) is 4.56. The van der Waals surface area contributed by atoms with Crippen molar-refractivity contribution < 1.29 is 28.4 Å². The van der Waals surface area contributed by atoms with Gasteiger partial charge < -0.3 is 19.7 Å². The number of piperidine rings is 1.